The van der Waals surface area contributed by atoms with Gasteiger partial charge in [-0.2, -0.15) is 0 Å². The van der Waals surface area contributed by atoms with Crippen molar-refractivity contribution < 1.29 is 4.79 Å². The molecule has 1 aromatic carbocycles. The maximum absolute atomic E-state index is 12.3. The van der Waals surface area contributed by atoms with E-state index in [1.54, 1.807) is 0 Å². The average Bonchev–Trinajstić information content (AvgIpc) is 2.98. The molecule has 2 heterocycles. The molecule has 0 fully saturated rings. The molecule has 0 saturated carbocycles. The summed E-state index contributed by atoms with van der Waals surface area (Å²) in [6, 6.07) is 11.8. The van der Waals surface area contributed by atoms with Gasteiger partial charge in [0, 0.05) is 17.0 Å². The molecule has 5 nitrogen and oxygen atoms in total. The van der Waals surface area contributed by atoms with Crippen molar-refractivity contribution >= 4 is 33.4 Å². The standard InChI is InChI=1S/C17H18N4OS/c1-3-10(2)19-15(22)13-9-12-14(11-7-5-4-6-8-11)20-17(18)21-16(12)23-13/h4-10H,3H2,1-2H3,(H,19,22)(H2,18,20,21). The van der Waals surface area contributed by atoms with Crippen LogP contribution in [0.2, 0.25) is 0 Å². The fourth-order valence-electron chi connectivity index (χ4n) is 2.26. The number of hydrogen-bond donors (Lipinski definition) is 2. The van der Waals surface area contributed by atoms with Crippen LogP contribution < -0.4 is 11.1 Å². The van der Waals surface area contributed by atoms with Crippen LogP contribution in [-0.2, 0) is 0 Å². The zero-order chi connectivity index (χ0) is 16.4. The molecule has 0 saturated heterocycles. The van der Waals surface area contributed by atoms with Gasteiger partial charge in [0.1, 0.15) is 4.83 Å². The van der Waals surface area contributed by atoms with E-state index >= 15 is 0 Å². The van der Waals surface area contributed by atoms with Gasteiger partial charge in [0.25, 0.3) is 5.91 Å². The number of nitrogen functional groups attached to an aromatic ring is 1. The van der Waals surface area contributed by atoms with Crippen molar-refractivity contribution in [3.05, 3.63) is 41.3 Å². The fraction of sp³-hybridized carbons (Fsp3) is 0.235. The number of nitrogens with zero attached hydrogens (tertiary/aromatic N) is 2. The first kappa shape index (κ1) is 15.4. The van der Waals surface area contributed by atoms with Crippen LogP contribution in [0.5, 0.6) is 0 Å². The van der Waals surface area contributed by atoms with Gasteiger partial charge in [0.05, 0.1) is 10.6 Å². The number of rotatable bonds is 4. The van der Waals surface area contributed by atoms with Crippen molar-refractivity contribution in [3.63, 3.8) is 0 Å². The van der Waals surface area contributed by atoms with E-state index in [2.05, 4.69) is 15.3 Å². The van der Waals surface area contributed by atoms with Crippen molar-refractivity contribution in [2.45, 2.75) is 26.3 Å². The van der Waals surface area contributed by atoms with Crippen LogP contribution in [0.15, 0.2) is 36.4 Å². The molecule has 0 radical (unpaired) electrons. The number of benzene rings is 1. The summed E-state index contributed by atoms with van der Waals surface area (Å²) in [4.78, 5) is 22.3. The van der Waals surface area contributed by atoms with Crippen molar-refractivity contribution in [2.24, 2.45) is 0 Å². The molecule has 6 heteroatoms. The van der Waals surface area contributed by atoms with Gasteiger partial charge in [-0.3, -0.25) is 4.79 Å². The number of thiophene rings is 1. The molecule has 23 heavy (non-hydrogen) atoms. The minimum absolute atomic E-state index is 0.0834. The van der Waals surface area contributed by atoms with Crippen LogP contribution in [0.4, 0.5) is 5.95 Å². The number of nitrogens with two attached hydrogens (primary N) is 1. The summed E-state index contributed by atoms with van der Waals surface area (Å²) in [6.07, 6.45) is 0.888. The quantitative estimate of drug-likeness (QED) is 0.769. The van der Waals surface area contributed by atoms with Crippen molar-refractivity contribution in [1.82, 2.24) is 15.3 Å². The normalized spacial score (nSPS) is 12.3. The van der Waals surface area contributed by atoms with E-state index in [0.717, 1.165) is 27.9 Å². The number of nitrogens with one attached hydrogen (secondary N) is 1. The fourth-order valence-corrected chi connectivity index (χ4v) is 3.20. The molecule has 0 aliphatic carbocycles. The highest BCUT2D eigenvalue weighted by atomic mass is 32.1. The lowest BCUT2D eigenvalue weighted by Crippen LogP contribution is -2.31. The maximum atomic E-state index is 12.3. The second-order valence-electron chi connectivity index (χ2n) is 5.41. The Bertz CT molecular complexity index is 844. The SMILES string of the molecule is CCC(C)NC(=O)c1cc2c(-c3ccccc3)nc(N)nc2s1. The first-order chi connectivity index (χ1) is 11.1. The molecule has 118 valence electrons. The number of fused-ring (bicyclic) bond motifs is 1. The Morgan fingerprint density at radius 2 is 2.04 bits per heavy atom. The Kier molecular flexibility index (Phi) is 4.25. The predicted octanol–water partition coefficient (Wildman–Crippen LogP) is 3.47. The van der Waals surface area contributed by atoms with E-state index in [-0.39, 0.29) is 17.9 Å². The van der Waals surface area contributed by atoms with Crippen molar-refractivity contribution in [3.8, 4) is 11.3 Å². The topological polar surface area (TPSA) is 80.9 Å². The number of aromatic nitrogens is 2. The van der Waals surface area contributed by atoms with Gasteiger partial charge in [-0.25, -0.2) is 9.97 Å². The maximum Gasteiger partial charge on any atom is 0.261 e. The second kappa shape index (κ2) is 6.34. The van der Waals surface area contributed by atoms with Gasteiger partial charge < -0.3 is 11.1 Å². The summed E-state index contributed by atoms with van der Waals surface area (Å²) in [5.41, 5.74) is 7.55. The number of hydrogen-bond acceptors (Lipinski definition) is 5. The number of amides is 1. The van der Waals surface area contributed by atoms with E-state index in [1.165, 1.54) is 11.3 Å². The highest BCUT2D eigenvalue weighted by molar-refractivity contribution is 7.20. The molecule has 0 spiro atoms. The van der Waals surface area contributed by atoms with Gasteiger partial charge in [-0.15, -0.1) is 11.3 Å². The summed E-state index contributed by atoms with van der Waals surface area (Å²) < 4.78 is 0. The number of carbonyl (C=O) groups excluding carboxylic acids is 1. The van der Waals surface area contributed by atoms with E-state index in [0.29, 0.717) is 4.88 Å². The summed E-state index contributed by atoms with van der Waals surface area (Å²) in [7, 11) is 0. The molecule has 1 unspecified atom stereocenters. The van der Waals surface area contributed by atoms with Gasteiger partial charge in [-0.1, -0.05) is 37.3 Å². The summed E-state index contributed by atoms with van der Waals surface area (Å²) in [5, 5.41) is 3.82. The highest BCUT2D eigenvalue weighted by Gasteiger charge is 2.17. The van der Waals surface area contributed by atoms with Crippen LogP contribution in [0, 0.1) is 0 Å². The largest absolute Gasteiger partial charge is 0.368 e. The lowest BCUT2D eigenvalue weighted by atomic mass is 10.1. The van der Waals surface area contributed by atoms with Crippen LogP contribution in [0.3, 0.4) is 0 Å². The van der Waals surface area contributed by atoms with E-state index in [1.807, 2.05) is 50.2 Å². The highest BCUT2D eigenvalue weighted by Crippen LogP contribution is 2.32. The molecule has 3 rings (SSSR count). The third-order valence-corrected chi connectivity index (χ3v) is 4.70. The van der Waals surface area contributed by atoms with Gasteiger partial charge in [0.15, 0.2) is 0 Å². The minimum Gasteiger partial charge on any atom is -0.368 e. The Morgan fingerprint density at radius 1 is 1.30 bits per heavy atom. The molecular weight excluding hydrogens is 308 g/mol. The molecule has 2 aromatic heterocycles. The van der Waals surface area contributed by atoms with Crippen molar-refractivity contribution in [1.29, 1.82) is 0 Å². The Labute approximate surface area is 138 Å². The third kappa shape index (κ3) is 3.17. The zero-order valence-electron chi connectivity index (χ0n) is 13.0. The van der Waals surface area contributed by atoms with Crippen molar-refractivity contribution in [2.75, 3.05) is 5.73 Å². The van der Waals surface area contributed by atoms with Crippen LogP contribution in [0.1, 0.15) is 29.9 Å². The molecular formula is C17H18N4OS. The Morgan fingerprint density at radius 3 is 2.74 bits per heavy atom. The van der Waals surface area contributed by atoms with E-state index in [4.69, 9.17) is 5.73 Å². The lowest BCUT2D eigenvalue weighted by molar-refractivity contribution is 0.0943. The molecule has 3 aromatic rings. The lowest BCUT2D eigenvalue weighted by Gasteiger charge is -2.09. The molecule has 1 amide bonds. The molecule has 1 atom stereocenters. The minimum atomic E-state index is -0.0834. The first-order valence-electron chi connectivity index (χ1n) is 7.51. The summed E-state index contributed by atoms with van der Waals surface area (Å²) >= 11 is 1.34. The van der Waals surface area contributed by atoms with Crippen LogP contribution in [0.25, 0.3) is 21.5 Å². The van der Waals surface area contributed by atoms with Crippen LogP contribution in [-0.4, -0.2) is 21.9 Å². The van der Waals surface area contributed by atoms with Crippen LogP contribution >= 0.6 is 11.3 Å². The van der Waals surface area contributed by atoms with Gasteiger partial charge in [0.2, 0.25) is 5.95 Å². The first-order valence-corrected chi connectivity index (χ1v) is 8.33. The summed E-state index contributed by atoms with van der Waals surface area (Å²) in [5.74, 6) is 0.132. The number of carbonyl (C=O) groups is 1. The smallest absolute Gasteiger partial charge is 0.261 e. The predicted molar refractivity (Wildman–Crippen MR) is 94.5 cm³/mol. The molecule has 0 aliphatic heterocycles. The van der Waals surface area contributed by atoms with Gasteiger partial charge >= 0.3 is 0 Å². The Balaban J connectivity index is 2.07. The molecule has 3 N–H and O–H groups in total. The third-order valence-electron chi connectivity index (χ3n) is 3.67. The molecule has 0 aliphatic rings. The average molecular weight is 326 g/mol. The Hall–Kier alpha value is -2.47. The van der Waals surface area contributed by atoms with Gasteiger partial charge in [-0.05, 0) is 19.4 Å². The summed E-state index contributed by atoms with van der Waals surface area (Å²) in [6.45, 7) is 4.02. The molecule has 0 bridgehead atoms. The second-order valence-corrected chi connectivity index (χ2v) is 6.44. The zero-order valence-corrected chi connectivity index (χ0v) is 13.9. The van der Waals surface area contributed by atoms with E-state index in [9.17, 15) is 4.79 Å². The van der Waals surface area contributed by atoms with E-state index < -0.39 is 0 Å². The number of anilines is 1. The monoisotopic (exact) mass is 326 g/mol.